The molecule has 1 fully saturated rings. The lowest BCUT2D eigenvalue weighted by atomic mass is 10.0. The molecule has 0 aromatic carbocycles. The zero-order valence-electron chi connectivity index (χ0n) is 13.1. The second-order valence-electron chi connectivity index (χ2n) is 5.17. The van der Waals surface area contributed by atoms with E-state index in [0.717, 1.165) is 32.7 Å². The zero-order chi connectivity index (χ0) is 15.1. The molecule has 7 nitrogen and oxygen atoms in total. The molecule has 1 aromatic rings. The minimum atomic E-state index is 0.366. The first-order valence-electron chi connectivity index (χ1n) is 7.64. The van der Waals surface area contributed by atoms with Crippen LogP contribution < -0.4 is 15.0 Å². The summed E-state index contributed by atoms with van der Waals surface area (Å²) < 4.78 is 10.9. The number of nitrogens with zero attached hydrogens (tertiary/aromatic N) is 4. The van der Waals surface area contributed by atoms with Crippen molar-refractivity contribution in [2.75, 3.05) is 50.2 Å². The van der Waals surface area contributed by atoms with Crippen LogP contribution >= 0.6 is 0 Å². The van der Waals surface area contributed by atoms with Crippen LogP contribution in [0.25, 0.3) is 0 Å². The van der Waals surface area contributed by atoms with Crippen LogP contribution in [-0.2, 0) is 4.74 Å². The van der Waals surface area contributed by atoms with Gasteiger partial charge >= 0.3 is 6.01 Å². The minimum Gasteiger partial charge on any atom is -0.464 e. The van der Waals surface area contributed by atoms with Crippen molar-refractivity contribution in [2.45, 2.75) is 26.7 Å². The standard InChI is InChI=1S/C14H25N5O2/c1-4-15-12-16-13(18-14(17-12)21-5-2)19(3)9-11-7-6-8-20-10-11/h11H,4-10H2,1-3H3,(H,15,16,17,18). The highest BCUT2D eigenvalue weighted by molar-refractivity contribution is 5.37. The molecule has 0 aliphatic carbocycles. The predicted octanol–water partition coefficient (Wildman–Crippen LogP) is 1.56. The maximum Gasteiger partial charge on any atom is 0.323 e. The molecule has 1 saturated heterocycles. The Balaban J connectivity index is 2.08. The molecule has 0 amide bonds. The molecule has 1 aliphatic rings. The average molecular weight is 295 g/mol. The van der Waals surface area contributed by atoms with Crippen LogP contribution in [0, 0.1) is 5.92 Å². The van der Waals surface area contributed by atoms with E-state index in [1.807, 2.05) is 25.8 Å². The number of nitrogens with one attached hydrogen (secondary N) is 1. The van der Waals surface area contributed by atoms with Gasteiger partial charge in [0.1, 0.15) is 0 Å². The molecule has 1 atom stereocenters. The highest BCUT2D eigenvalue weighted by atomic mass is 16.5. The first-order chi connectivity index (χ1) is 10.2. The average Bonchev–Trinajstić information content (AvgIpc) is 2.49. The van der Waals surface area contributed by atoms with Crippen LogP contribution in [0.4, 0.5) is 11.9 Å². The normalized spacial score (nSPS) is 18.3. The lowest BCUT2D eigenvalue weighted by Crippen LogP contribution is -2.32. The number of rotatable bonds is 7. The number of hydrogen-bond donors (Lipinski definition) is 1. The maximum absolute atomic E-state index is 5.53. The van der Waals surface area contributed by atoms with Gasteiger partial charge < -0.3 is 19.7 Å². The van der Waals surface area contributed by atoms with Crippen molar-refractivity contribution >= 4 is 11.9 Å². The summed E-state index contributed by atoms with van der Waals surface area (Å²) in [5.74, 6) is 1.71. The van der Waals surface area contributed by atoms with Crippen molar-refractivity contribution in [3.05, 3.63) is 0 Å². The third-order valence-corrected chi connectivity index (χ3v) is 3.34. The lowest BCUT2D eigenvalue weighted by molar-refractivity contribution is 0.0575. The van der Waals surface area contributed by atoms with Crippen LogP contribution in [-0.4, -0.2) is 54.9 Å². The number of aromatic nitrogens is 3. The molecule has 2 heterocycles. The molecule has 21 heavy (non-hydrogen) atoms. The summed E-state index contributed by atoms with van der Waals surface area (Å²) >= 11 is 0. The molecule has 1 aliphatic heterocycles. The van der Waals surface area contributed by atoms with Crippen molar-refractivity contribution in [1.82, 2.24) is 15.0 Å². The van der Waals surface area contributed by atoms with E-state index in [1.165, 1.54) is 6.42 Å². The van der Waals surface area contributed by atoms with E-state index < -0.39 is 0 Å². The van der Waals surface area contributed by atoms with Gasteiger partial charge in [0.25, 0.3) is 0 Å². The Hall–Kier alpha value is -1.63. The Bertz CT molecular complexity index is 413. The number of ether oxygens (including phenoxy) is 2. The van der Waals surface area contributed by atoms with E-state index >= 15 is 0 Å². The van der Waals surface area contributed by atoms with E-state index in [1.54, 1.807) is 0 Å². The fourth-order valence-corrected chi connectivity index (χ4v) is 2.37. The molecular formula is C14H25N5O2. The first kappa shape index (κ1) is 15.8. The van der Waals surface area contributed by atoms with Gasteiger partial charge in [-0.05, 0) is 32.6 Å². The van der Waals surface area contributed by atoms with Gasteiger partial charge in [-0.15, -0.1) is 0 Å². The van der Waals surface area contributed by atoms with Crippen LogP contribution in [0.2, 0.25) is 0 Å². The Morgan fingerprint density at radius 1 is 1.33 bits per heavy atom. The Labute approximate surface area is 126 Å². The van der Waals surface area contributed by atoms with E-state index in [0.29, 0.717) is 30.4 Å². The summed E-state index contributed by atoms with van der Waals surface area (Å²) in [5.41, 5.74) is 0. The van der Waals surface area contributed by atoms with Gasteiger partial charge in [-0.3, -0.25) is 0 Å². The molecule has 2 rings (SSSR count). The highest BCUT2D eigenvalue weighted by Gasteiger charge is 2.18. The summed E-state index contributed by atoms with van der Waals surface area (Å²) in [6, 6.07) is 0.366. The molecule has 0 saturated carbocycles. The Kier molecular flexibility index (Phi) is 5.98. The largest absolute Gasteiger partial charge is 0.464 e. The molecule has 118 valence electrons. The summed E-state index contributed by atoms with van der Waals surface area (Å²) in [6.45, 7) is 7.79. The van der Waals surface area contributed by atoms with Gasteiger partial charge in [0.05, 0.1) is 13.2 Å². The summed E-state index contributed by atoms with van der Waals surface area (Å²) in [6.07, 6.45) is 2.32. The van der Waals surface area contributed by atoms with Gasteiger partial charge in [0.2, 0.25) is 11.9 Å². The molecule has 7 heteroatoms. The van der Waals surface area contributed by atoms with Crippen LogP contribution in [0.1, 0.15) is 26.7 Å². The Morgan fingerprint density at radius 2 is 2.19 bits per heavy atom. The van der Waals surface area contributed by atoms with Gasteiger partial charge in [-0.2, -0.15) is 15.0 Å². The topological polar surface area (TPSA) is 72.4 Å². The summed E-state index contributed by atoms with van der Waals surface area (Å²) in [7, 11) is 2.00. The van der Waals surface area contributed by atoms with E-state index in [-0.39, 0.29) is 0 Å². The third kappa shape index (κ3) is 4.70. The van der Waals surface area contributed by atoms with Gasteiger partial charge in [-0.1, -0.05) is 0 Å². The fourth-order valence-electron chi connectivity index (χ4n) is 2.37. The molecular weight excluding hydrogens is 270 g/mol. The molecule has 1 N–H and O–H groups in total. The van der Waals surface area contributed by atoms with E-state index in [4.69, 9.17) is 9.47 Å². The molecule has 0 bridgehead atoms. The van der Waals surface area contributed by atoms with Crippen molar-refractivity contribution in [1.29, 1.82) is 0 Å². The highest BCUT2D eigenvalue weighted by Crippen LogP contribution is 2.19. The van der Waals surface area contributed by atoms with Crippen LogP contribution in [0.15, 0.2) is 0 Å². The fraction of sp³-hybridized carbons (Fsp3) is 0.786. The van der Waals surface area contributed by atoms with E-state index in [2.05, 4.69) is 20.3 Å². The van der Waals surface area contributed by atoms with Gasteiger partial charge in [0.15, 0.2) is 0 Å². The first-order valence-corrected chi connectivity index (χ1v) is 7.64. The molecule has 0 radical (unpaired) electrons. The zero-order valence-corrected chi connectivity index (χ0v) is 13.1. The lowest BCUT2D eigenvalue weighted by Gasteiger charge is -2.27. The quantitative estimate of drug-likeness (QED) is 0.818. The van der Waals surface area contributed by atoms with E-state index in [9.17, 15) is 0 Å². The van der Waals surface area contributed by atoms with Crippen molar-refractivity contribution in [3.63, 3.8) is 0 Å². The SMILES string of the molecule is CCNc1nc(OCC)nc(N(C)CC2CCCOC2)n1. The molecule has 0 spiro atoms. The maximum atomic E-state index is 5.53. The second-order valence-corrected chi connectivity index (χ2v) is 5.17. The van der Waals surface area contributed by atoms with Crippen LogP contribution in [0.3, 0.4) is 0 Å². The minimum absolute atomic E-state index is 0.366. The van der Waals surface area contributed by atoms with Crippen molar-refractivity contribution < 1.29 is 9.47 Å². The number of hydrogen-bond acceptors (Lipinski definition) is 7. The monoisotopic (exact) mass is 295 g/mol. The van der Waals surface area contributed by atoms with Crippen molar-refractivity contribution in [3.8, 4) is 6.01 Å². The summed E-state index contributed by atoms with van der Waals surface area (Å²) in [5, 5.41) is 3.11. The second kappa shape index (κ2) is 7.97. The van der Waals surface area contributed by atoms with Crippen molar-refractivity contribution in [2.24, 2.45) is 5.92 Å². The van der Waals surface area contributed by atoms with Gasteiger partial charge in [0, 0.05) is 26.7 Å². The van der Waals surface area contributed by atoms with Crippen LogP contribution in [0.5, 0.6) is 6.01 Å². The Morgan fingerprint density at radius 3 is 2.86 bits per heavy atom. The molecule has 1 aromatic heterocycles. The number of anilines is 2. The summed E-state index contributed by atoms with van der Waals surface area (Å²) in [4.78, 5) is 15.1. The smallest absolute Gasteiger partial charge is 0.323 e. The predicted molar refractivity (Wildman–Crippen MR) is 82.0 cm³/mol. The van der Waals surface area contributed by atoms with Gasteiger partial charge in [-0.25, -0.2) is 0 Å². The third-order valence-electron chi connectivity index (χ3n) is 3.34. The molecule has 1 unspecified atom stereocenters.